The molecule has 2 amide bonds. The molecule has 2 N–H and O–H groups in total. The molecule has 32 heavy (non-hydrogen) atoms. The minimum Gasteiger partial charge on any atom is -0.497 e. The van der Waals surface area contributed by atoms with Crippen LogP contribution in [0, 0.1) is 0 Å². The van der Waals surface area contributed by atoms with Gasteiger partial charge in [0, 0.05) is 44.5 Å². The standard InChI is InChI=1S/C24H34N4O4/c1-31-19-10-6-7-17(15-19)22-21(23(29)32-2)20(25-24(30)26-22)16-27-11-13-28(14-12-27)18-8-4-3-5-9-18/h6-7,10,15,18,22H,3-5,8-9,11-14,16H2,1-2H3,(H2,25,26,30)/t22-/m0/s1. The summed E-state index contributed by atoms with van der Waals surface area (Å²) in [7, 11) is 2.96. The molecule has 0 aromatic heterocycles. The van der Waals surface area contributed by atoms with E-state index in [1.54, 1.807) is 7.11 Å². The van der Waals surface area contributed by atoms with Crippen LogP contribution in [0.25, 0.3) is 0 Å². The van der Waals surface area contributed by atoms with Crippen molar-refractivity contribution in [2.24, 2.45) is 0 Å². The van der Waals surface area contributed by atoms with E-state index < -0.39 is 12.0 Å². The first-order chi connectivity index (χ1) is 15.6. The SMILES string of the molecule is COC(=O)C1=C(CN2CCN(C3CCCCC3)CC2)NC(=O)N[C@H]1c1cccc(OC)c1. The number of amides is 2. The Balaban J connectivity index is 1.52. The van der Waals surface area contributed by atoms with Gasteiger partial charge in [-0.05, 0) is 30.5 Å². The van der Waals surface area contributed by atoms with Gasteiger partial charge in [-0.2, -0.15) is 0 Å². The average Bonchev–Trinajstić information content (AvgIpc) is 2.84. The Kier molecular flexibility index (Phi) is 7.32. The van der Waals surface area contributed by atoms with Gasteiger partial charge < -0.3 is 20.1 Å². The number of piperazine rings is 1. The molecule has 174 valence electrons. The van der Waals surface area contributed by atoms with E-state index in [4.69, 9.17) is 9.47 Å². The van der Waals surface area contributed by atoms with E-state index >= 15 is 0 Å². The van der Waals surface area contributed by atoms with E-state index in [0.717, 1.165) is 31.7 Å². The van der Waals surface area contributed by atoms with Gasteiger partial charge in [0.1, 0.15) is 5.75 Å². The summed E-state index contributed by atoms with van der Waals surface area (Å²) < 4.78 is 10.4. The molecule has 1 saturated carbocycles. The highest BCUT2D eigenvalue weighted by Gasteiger charge is 2.35. The van der Waals surface area contributed by atoms with Crippen LogP contribution in [0.1, 0.15) is 43.7 Å². The van der Waals surface area contributed by atoms with Crippen LogP contribution in [-0.4, -0.2) is 74.8 Å². The van der Waals surface area contributed by atoms with E-state index in [0.29, 0.717) is 29.6 Å². The molecule has 0 unspecified atom stereocenters. The van der Waals surface area contributed by atoms with Crippen LogP contribution in [0.2, 0.25) is 0 Å². The summed E-state index contributed by atoms with van der Waals surface area (Å²) in [5.74, 6) is 0.223. The lowest BCUT2D eigenvalue weighted by atomic mass is 9.93. The van der Waals surface area contributed by atoms with E-state index in [-0.39, 0.29) is 6.03 Å². The monoisotopic (exact) mass is 442 g/mol. The number of esters is 1. The molecular formula is C24H34N4O4. The fourth-order valence-corrected chi connectivity index (χ4v) is 5.12. The topological polar surface area (TPSA) is 83.1 Å². The predicted molar refractivity (Wildman–Crippen MR) is 121 cm³/mol. The van der Waals surface area contributed by atoms with Crippen LogP contribution in [0.5, 0.6) is 5.75 Å². The zero-order chi connectivity index (χ0) is 22.5. The number of carbonyl (C=O) groups excluding carboxylic acids is 2. The number of ether oxygens (including phenoxy) is 2. The van der Waals surface area contributed by atoms with Crippen molar-refractivity contribution < 1.29 is 19.1 Å². The van der Waals surface area contributed by atoms with Crippen LogP contribution >= 0.6 is 0 Å². The number of urea groups is 1. The molecule has 2 aliphatic heterocycles. The minimum atomic E-state index is -0.593. The molecular weight excluding hydrogens is 408 g/mol. The Morgan fingerprint density at radius 1 is 1.09 bits per heavy atom. The average molecular weight is 443 g/mol. The second-order valence-electron chi connectivity index (χ2n) is 8.80. The number of nitrogens with zero attached hydrogens (tertiary/aromatic N) is 2. The van der Waals surface area contributed by atoms with Crippen LogP contribution in [-0.2, 0) is 9.53 Å². The maximum absolute atomic E-state index is 12.8. The molecule has 2 heterocycles. The molecule has 0 spiro atoms. The summed E-state index contributed by atoms with van der Waals surface area (Å²) in [6, 6.07) is 7.20. The van der Waals surface area contributed by atoms with Crippen molar-refractivity contribution in [2.45, 2.75) is 44.2 Å². The van der Waals surface area contributed by atoms with Crippen molar-refractivity contribution >= 4 is 12.0 Å². The fraction of sp³-hybridized carbons (Fsp3) is 0.583. The fourth-order valence-electron chi connectivity index (χ4n) is 5.12. The molecule has 0 bridgehead atoms. The first-order valence-electron chi connectivity index (χ1n) is 11.6. The summed E-state index contributed by atoms with van der Waals surface area (Å²) in [5.41, 5.74) is 1.83. The summed E-state index contributed by atoms with van der Waals surface area (Å²) in [5, 5.41) is 5.75. The van der Waals surface area contributed by atoms with E-state index in [2.05, 4.69) is 20.4 Å². The highest BCUT2D eigenvalue weighted by atomic mass is 16.5. The van der Waals surface area contributed by atoms with Crippen LogP contribution in [0.15, 0.2) is 35.5 Å². The number of methoxy groups -OCH3 is 2. The van der Waals surface area contributed by atoms with Crippen molar-refractivity contribution in [3.05, 3.63) is 41.1 Å². The molecule has 1 aromatic rings. The molecule has 0 radical (unpaired) electrons. The summed E-state index contributed by atoms with van der Waals surface area (Å²) in [6.07, 6.45) is 6.65. The maximum atomic E-state index is 12.8. The van der Waals surface area contributed by atoms with Gasteiger partial charge in [-0.1, -0.05) is 31.4 Å². The lowest BCUT2D eigenvalue weighted by Gasteiger charge is -2.41. The summed E-state index contributed by atoms with van der Waals surface area (Å²) in [4.78, 5) is 30.2. The molecule has 2 fully saturated rings. The molecule has 1 saturated heterocycles. The van der Waals surface area contributed by atoms with Gasteiger partial charge in [-0.25, -0.2) is 9.59 Å². The van der Waals surface area contributed by atoms with Crippen molar-refractivity contribution in [3.63, 3.8) is 0 Å². The molecule has 4 rings (SSSR count). The molecule has 1 aromatic carbocycles. The Hall–Kier alpha value is -2.58. The zero-order valence-electron chi connectivity index (χ0n) is 19.1. The van der Waals surface area contributed by atoms with Crippen LogP contribution < -0.4 is 15.4 Å². The minimum absolute atomic E-state index is 0.318. The third-order valence-corrected chi connectivity index (χ3v) is 6.87. The van der Waals surface area contributed by atoms with Gasteiger partial charge in [0.05, 0.1) is 25.8 Å². The van der Waals surface area contributed by atoms with Gasteiger partial charge in [0.25, 0.3) is 0 Å². The van der Waals surface area contributed by atoms with Gasteiger partial charge in [-0.3, -0.25) is 9.80 Å². The van der Waals surface area contributed by atoms with Gasteiger partial charge in [0.2, 0.25) is 0 Å². The van der Waals surface area contributed by atoms with E-state index in [1.807, 2.05) is 24.3 Å². The number of hydrogen-bond donors (Lipinski definition) is 2. The lowest BCUT2D eigenvalue weighted by Crippen LogP contribution is -2.53. The second-order valence-corrected chi connectivity index (χ2v) is 8.80. The van der Waals surface area contributed by atoms with Crippen LogP contribution in [0.4, 0.5) is 4.79 Å². The van der Waals surface area contributed by atoms with Gasteiger partial charge in [0.15, 0.2) is 0 Å². The van der Waals surface area contributed by atoms with Crippen molar-refractivity contribution in [2.75, 3.05) is 46.9 Å². The highest BCUT2D eigenvalue weighted by molar-refractivity contribution is 5.95. The van der Waals surface area contributed by atoms with Crippen molar-refractivity contribution in [3.8, 4) is 5.75 Å². The third-order valence-electron chi connectivity index (χ3n) is 6.87. The number of carbonyl (C=O) groups is 2. The van der Waals surface area contributed by atoms with E-state index in [9.17, 15) is 9.59 Å². The summed E-state index contributed by atoms with van der Waals surface area (Å²) >= 11 is 0. The second kappa shape index (κ2) is 10.4. The summed E-state index contributed by atoms with van der Waals surface area (Å²) in [6.45, 7) is 4.40. The van der Waals surface area contributed by atoms with Crippen molar-refractivity contribution in [1.82, 2.24) is 20.4 Å². The number of hydrogen-bond acceptors (Lipinski definition) is 6. The molecule has 3 aliphatic rings. The van der Waals surface area contributed by atoms with Crippen molar-refractivity contribution in [1.29, 1.82) is 0 Å². The first-order valence-corrected chi connectivity index (χ1v) is 11.6. The molecule has 1 aliphatic carbocycles. The van der Waals surface area contributed by atoms with Gasteiger partial charge >= 0.3 is 12.0 Å². The third kappa shape index (κ3) is 5.07. The normalized spacial score (nSPS) is 23.4. The number of nitrogens with one attached hydrogen (secondary N) is 2. The highest BCUT2D eigenvalue weighted by Crippen LogP contribution is 2.30. The maximum Gasteiger partial charge on any atom is 0.338 e. The molecule has 8 nitrogen and oxygen atoms in total. The molecule has 8 heteroatoms. The Morgan fingerprint density at radius 3 is 2.53 bits per heavy atom. The Bertz CT molecular complexity index is 857. The van der Waals surface area contributed by atoms with E-state index in [1.165, 1.54) is 39.2 Å². The van der Waals surface area contributed by atoms with Crippen LogP contribution in [0.3, 0.4) is 0 Å². The predicted octanol–water partition coefficient (Wildman–Crippen LogP) is 2.43. The largest absolute Gasteiger partial charge is 0.497 e. The quantitative estimate of drug-likeness (QED) is 0.659. The molecule has 1 atom stereocenters. The van der Waals surface area contributed by atoms with Gasteiger partial charge in [-0.15, -0.1) is 0 Å². The first kappa shape index (κ1) is 22.6. The number of rotatable bonds is 6. The lowest BCUT2D eigenvalue weighted by molar-refractivity contribution is -0.136. The number of benzene rings is 1. The Morgan fingerprint density at radius 2 is 1.84 bits per heavy atom. The smallest absolute Gasteiger partial charge is 0.338 e. The Labute approximate surface area is 189 Å². The zero-order valence-corrected chi connectivity index (χ0v) is 19.1.